The van der Waals surface area contributed by atoms with Crippen LogP contribution in [0.4, 0.5) is 10.1 Å². The number of Topliss-reactive ketones (excluding diaryl/α,β-unsaturated/α-hetero) is 1. The number of ketones is 1. The van der Waals surface area contributed by atoms with E-state index in [-0.39, 0.29) is 18.7 Å². The Bertz CT molecular complexity index is 525. The van der Waals surface area contributed by atoms with Crippen LogP contribution in [0.3, 0.4) is 0 Å². The number of fused-ring (bicyclic) bond motifs is 1. The molecule has 0 atom stereocenters. The Morgan fingerprint density at radius 1 is 1.41 bits per heavy atom. The molecule has 0 spiro atoms. The molecule has 5 heteroatoms. The fourth-order valence-electron chi connectivity index (χ4n) is 1.72. The van der Waals surface area contributed by atoms with E-state index in [1.165, 1.54) is 17.0 Å². The average molecular weight is 234 g/mol. The summed E-state index contributed by atoms with van der Waals surface area (Å²) in [4.78, 5) is 24.6. The lowest BCUT2D eigenvalue weighted by molar-refractivity contribution is -0.114. The number of hydrogen-bond donors (Lipinski definition) is 1. The summed E-state index contributed by atoms with van der Waals surface area (Å²) in [5, 5.41) is 0. The van der Waals surface area contributed by atoms with Gasteiger partial charge < -0.3 is 10.6 Å². The van der Waals surface area contributed by atoms with Gasteiger partial charge in [0.25, 0.3) is 11.7 Å². The molecule has 0 bridgehead atoms. The summed E-state index contributed by atoms with van der Waals surface area (Å²) in [5.41, 5.74) is 6.53. The zero-order valence-corrected chi connectivity index (χ0v) is 9.07. The molecule has 2 rings (SSSR count). The Hall–Kier alpha value is -2.01. The van der Waals surface area contributed by atoms with E-state index in [0.29, 0.717) is 11.3 Å². The minimum absolute atomic E-state index is 0.0971. The van der Waals surface area contributed by atoms with Gasteiger partial charge in [-0.05, 0) is 23.8 Å². The van der Waals surface area contributed by atoms with Gasteiger partial charge in [-0.1, -0.05) is 6.58 Å². The zero-order chi connectivity index (χ0) is 12.6. The number of benzene rings is 1. The van der Waals surface area contributed by atoms with Gasteiger partial charge in [-0.15, -0.1) is 0 Å². The van der Waals surface area contributed by atoms with Gasteiger partial charge in [0.15, 0.2) is 0 Å². The minimum atomic E-state index is -0.690. The first-order chi connectivity index (χ1) is 8.04. The van der Waals surface area contributed by atoms with Gasteiger partial charge in [0.1, 0.15) is 5.82 Å². The van der Waals surface area contributed by atoms with E-state index in [9.17, 15) is 14.0 Å². The number of carbonyl (C=O) groups is 2. The summed E-state index contributed by atoms with van der Waals surface area (Å²) < 4.78 is 13.0. The van der Waals surface area contributed by atoms with Crippen LogP contribution in [0.1, 0.15) is 10.4 Å². The lowest BCUT2D eigenvalue weighted by Crippen LogP contribution is -2.32. The van der Waals surface area contributed by atoms with Crippen LogP contribution in [0.5, 0.6) is 0 Å². The number of halogens is 1. The Balaban J connectivity index is 2.41. The van der Waals surface area contributed by atoms with Crippen molar-refractivity contribution in [3.05, 3.63) is 41.7 Å². The number of anilines is 1. The maximum Gasteiger partial charge on any atom is 0.299 e. The second-order valence-corrected chi connectivity index (χ2v) is 3.84. The van der Waals surface area contributed by atoms with Crippen LogP contribution in [0.25, 0.3) is 0 Å². The maximum atomic E-state index is 13.0. The third kappa shape index (κ3) is 1.85. The lowest BCUT2D eigenvalue weighted by Gasteiger charge is -2.17. The van der Waals surface area contributed by atoms with Gasteiger partial charge in [-0.3, -0.25) is 9.59 Å². The van der Waals surface area contributed by atoms with Crippen molar-refractivity contribution in [2.24, 2.45) is 5.73 Å². The Morgan fingerprint density at radius 3 is 2.76 bits per heavy atom. The van der Waals surface area contributed by atoms with Crippen molar-refractivity contribution in [3.8, 4) is 0 Å². The molecule has 1 heterocycles. The zero-order valence-electron chi connectivity index (χ0n) is 9.07. The smallest absolute Gasteiger partial charge is 0.299 e. The molecule has 2 N–H and O–H groups in total. The SMILES string of the molecule is C=C(CN)CN1C(=O)C(=O)c2cc(F)ccc21. The molecule has 0 aromatic heterocycles. The third-order valence-electron chi connectivity index (χ3n) is 2.60. The highest BCUT2D eigenvalue weighted by Gasteiger charge is 2.35. The number of nitrogens with zero attached hydrogens (tertiary/aromatic N) is 1. The van der Waals surface area contributed by atoms with Crippen LogP contribution in [0, 0.1) is 5.82 Å². The van der Waals surface area contributed by atoms with E-state index in [4.69, 9.17) is 5.73 Å². The van der Waals surface area contributed by atoms with Gasteiger partial charge >= 0.3 is 0 Å². The monoisotopic (exact) mass is 234 g/mol. The number of amides is 1. The molecule has 0 unspecified atom stereocenters. The van der Waals surface area contributed by atoms with Crippen LogP contribution in [0.2, 0.25) is 0 Å². The highest BCUT2D eigenvalue weighted by Crippen LogP contribution is 2.29. The quantitative estimate of drug-likeness (QED) is 0.623. The molecule has 1 aromatic carbocycles. The predicted octanol–water partition coefficient (Wildman–Crippen LogP) is 0.870. The molecule has 1 aliphatic heterocycles. The molecule has 0 fully saturated rings. The van der Waals surface area contributed by atoms with Crippen molar-refractivity contribution in [1.82, 2.24) is 0 Å². The second-order valence-electron chi connectivity index (χ2n) is 3.84. The molecule has 0 saturated heterocycles. The first-order valence-electron chi connectivity index (χ1n) is 5.07. The summed E-state index contributed by atoms with van der Waals surface area (Å²) in [7, 11) is 0. The van der Waals surface area contributed by atoms with Gasteiger partial charge in [0.2, 0.25) is 0 Å². The first-order valence-corrected chi connectivity index (χ1v) is 5.07. The van der Waals surface area contributed by atoms with Crippen molar-refractivity contribution in [2.45, 2.75) is 0 Å². The summed E-state index contributed by atoms with van der Waals surface area (Å²) in [6.45, 7) is 4.09. The van der Waals surface area contributed by atoms with Crippen LogP contribution in [-0.2, 0) is 4.79 Å². The maximum absolute atomic E-state index is 13.0. The van der Waals surface area contributed by atoms with Crippen LogP contribution >= 0.6 is 0 Å². The molecule has 1 aliphatic rings. The average Bonchev–Trinajstić information content (AvgIpc) is 2.54. The van der Waals surface area contributed by atoms with Crippen molar-refractivity contribution in [1.29, 1.82) is 0 Å². The van der Waals surface area contributed by atoms with Crippen LogP contribution < -0.4 is 10.6 Å². The van der Waals surface area contributed by atoms with E-state index in [1.54, 1.807) is 0 Å². The molecule has 0 aliphatic carbocycles. The van der Waals surface area contributed by atoms with Gasteiger partial charge in [0, 0.05) is 13.1 Å². The van der Waals surface area contributed by atoms with E-state index in [0.717, 1.165) is 6.07 Å². The van der Waals surface area contributed by atoms with Gasteiger partial charge in [0.05, 0.1) is 11.3 Å². The molecular formula is C12H11FN2O2. The van der Waals surface area contributed by atoms with Gasteiger partial charge in [-0.2, -0.15) is 0 Å². The predicted molar refractivity (Wildman–Crippen MR) is 61.3 cm³/mol. The molecule has 4 nitrogen and oxygen atoms in total. The van der Waals surface area contributed by atoms with E-state index in [1.807, 2.05) is 0 Å². The summed E-state index contributed by atoms with van der Waals surface area (Å²) >= 11 is 0. The number of carbonyl (C=O) groups excluding carboxylic acids is 2. The molecule has 0 saturated carbocycles. The third-order valence-corrected chi connectivity index (χ3v) is 2.60. The summed E-state index contributed by atoms with van der Waals surface area (Å²) in [6, 6.07) is 3.70. The largest absolute Gasteiger partial charge is 0.327 e. The highest BCUT2D eigenvalue weighted by atomic mass is 19.1. The number of hydrogen-bond acceptors (Lipinski definition) is 3. The number of rotatable bonds is 3. The molecular weight excluding hydrogens is 223 g/mol. The van der Waals surface area contributed by atoms with Crippen molar-refractivity contribution in [3.63, 3.8) is 0 Å². The molecule has 0 radical (unpaired) electrons. The van der Waals surface area contributed by atoms with E-state index < -0.39 is 17.5 Å². The Labute approximate surface area is 97.5 Å². The van der Waals surface area contributed by atoms with Crippen LogP contribution in [0.15, 0.2) is 30.4 Å². The van der Waals surface area contributed by atoms with E-state index >= 15 is 0 Å². The van der Waals surface area contributed by atoms with Crippen LogP contribution in [-0.4, -0.2) is 24.8 Å². The Morgan fingerprint density at radius 2 is 2.12 bits per heavy atom. The molecule has 17 heavy (non-hydrogen) atoms. The first kappa shape index (κ1) is 11.5. The summed E-state index contributed by atoms with van der Waals surface area (Å²) in [6.07, 6.45) is 0. The van der Waals surface area contributed by atoms with E-state index in [2.05, 4.69) is 6.58 Å². The Kier molecular flexibility index (Phi) is 2.77. The minimum Gasteiger partial charge on any atom is -0.327 e. The fourth-order valence-corrected chi connectivity index (χ4v) is 1.72. The standard InChI is InChI=1S/C12H11FN2O2/c1-7(5-14)6-15-10-3-2-8(13)4-9(10)11(16)12(15)17/h2-4H,1,5-6,14H2. The normalized spacial score (nSPS) is 14.1. The highest BCUT2D eigenvalue weighted by molar-refractivity contribution is 6.52. The van der Waals surface area contributed by atoms with Crippen molar-refractivity contribution < 1.29 is 14.0 Å². The second kappa shape index (κ2) is 4.10. The molecule has 88 valence electrons. The summed E-state index contributed by atoms with van der Waals surface area (Å²) in [5.74, 6) is -1.89. The molecule has 1 aromatic rings. The van der Waals surface area contributed by atoms with Gasteiger partial charge in [-0.25, -0.2) is 4.39 Å². The molecule has 1 amide bonds. The topological polar surface area (TPSA) is 63.4 Å². The van der Waals surface area contributed by atoms with Crippen molar-refractivity contribution >= 4 is 17.4 Å². The fraction of sp³-hybridized carbons (Fsp3) is 0.167. The van der Waals surface area contributed by atoms with Crippen molar-refractivity contribution in [2.75, 3.05) is 18.0 Å². The number of nitrogens with two attached hydrogens (primary N) is 1. The lowest BCUT2D eigenvalue weighted by atomic mass is 10.1.